The maximum absolute atomic E-state index is 12.9. The molecule has 7 nitrogen and oxygen atoms in total. The standard InChI is InChI=1S/C20H30N4O3S2/c1-2-6-29(26,27)24-5-3-4-16(24)17(25)21-19-23-22-18(28-19)20-10-13-7-14(11-20)9-15(8-13)12-20/h13-16H,2-12H2,1H3,(H,21,23,25)/t13?,14?,15?,16-,20?/m1/s1. The molecule has 1 N–H and O–H groups in total. The molecule has 4 saturated carbocycles. The normalized spacial score (nSPS) is 36.6. The van der Waals surface area contributed by atoms with Gasteiger partial charge in [-0.2, -0.15) is 4.31 Å². The van der Waals surface area contributed by atoms with Crippen LogP contribution in [0.25, 0.3) is 0 Å². The summed E-state index contributed by atoms with van der Waals surface area (Å²) in [5.74, 6) is 2.32. The van der Waals surface area contributed by atoms with E-state index in [9.17, 15) is 13.2 Å². The van der Waals surface area contributed by atoms with Crippen LogP contribution in [-0.4, -0.2) is 47.2 Å². The molecule has 6 rings (SSSR count). The molecule has 9 heteroatoms. The second-order valence-electron chi connectivity index (χ2n) is 9.68. The predicted octanol–water partition coefficient (Wildman–Crippen LogP) is 3.15. The number of sulfonamides is 1. The third-order valence-corrected chi connectivity index (χ3v) is 10.6. The number of anilines is 1. The maximum Gasteiger partial charge on any atom is 0.244 e. The van der Waals surface area contributed by atoms with Crippen molar-refractivity contribution in [2.24, 2.45) is 17.8 Å². The van der Waals surface area contributed by atoms with E-state index in [-0.39, 0.29) is 17.1 Å². The first-order valence-corrected chi connectivity index (χ1v) is 13.5. The molecular weight excluding hydrogens is 408 g/mol. The van der Waals surface area contributed by atoms with Crippen LogP contribution in [0.1, 0.15) is 69.7 Å². The molecule has 1 aromatic rings. The lowest BCUT2D eigenvalue weighted by molar-refractivity contribution is -0.119. The minimum atomic E-state index is -3.38. The lowest BCUT2D eigenvalue weighted by atomic mass is 9.50. The molecule has 0 unspecified atom stereocenters. The van der Waals surface area contributed by atoms with Gasteiger partial charge in [-0.05, 0) is 75.5 Å². The van der Waals surface area contributed by atoms with Gasteiger partial charge in [0.2, 0.25) is 21.1 Å². The number of nitrogens with one attached hydrogen (secondary N) is 1. The topological polar surface area (TPSA) is 92.3 Å². The third kappa shape index (κ3) is 3.53. The van der Waals surface area contributed by atoms with Crippen molar-refractivity contribution < 1.29 is 13.2 Å². The SMILES string of the molecule is CCCS(=O)(=O)N1CCC[C@@H]1C(=O)Nc1nnc(C23CC4CC(CC(C4)C2)C3)s1. The van der Waals surface area contributed by atoms with E-state index >= 15 is 0 Å². The largest absolute Gasteiger partial charge is 0.299 e. The number of hydrogen-bond donors (Lipinski definition) is 1. The van der Waals surface area contributed by atoms with E-state index in [1.54, 1.807) is 0 Å². The fourth-order valence-corrected chi connectivity index (χ4v) is 9.47. The van der Waals surface area contributed by atoms with E-state index in [0.29, 0.717) is 24.5 Å². The Balaban J connectivity index is 1.30. The molecule has 4 bridgehead atoms. The van der Waals surface area contributed by atoms with Crippen molar-refractivity contribution in [3.63, 3.8) is 0 Å². The highest BCUT2D eigenvalue weighted by Crippen LogP contribution is 2.61. The molecule has 0 spiro atoms. The second kappa shape index (κ2) is 7.27. The van der Waals surface area contributed by atoms with Gasteiger partial charge in [-0.25, -0.2) is 8.42 Å². The number of rotatable bonds is 6. The average molecular weight is 439 g/mol. The Bertz CT molecular complexity index is 862. The van der Waals surface area contributed by atoms with Crippen LogP contribution in [0.2, 0.25) is 0 Å². The minimum absolute atomic E-state index is 0.0890. The van der Waals surface area contributed by atoms with Gasteiger partial charge in [0.15, 0.2) is 0 Å². The summed E-state index contributed by atoms with van der Waals surface area (Å²) in [6.45, 7) is 2.27. The molecule has 1 saturated heterocycles. The van der Waals surface area contributed by atoms with Crippen LogP contribution in [-0.2, 0) is 20.2 Å². The summed E-state index contributed by atoms with van der Waals surface area (Å²) in [6.07, 6.45) is 9.62. The second-order valence-corrected chi connectivity index (χ2v) is 12.7. The zero-order valence-electron chi connectivity index (χ0n) is 17.0. The van der Waals surface area contributed by atoms with E-state index < -0.39 is 16.1 Å². The van der Waals surface area contributed by atoms with Crippen molar-refractivity contribution in [2.45, 2.75) is 76.2 Å². The lowest BCUT2D eigenvalue weighted by Gasteiger charge is -2.55. The molecular formula is C20H30N4O3S2. The first-order valence-electron chi connectivity index (χ1n) is 11.0. The average Bonchev–Trinajstić information content (AvgIpc) is 3.30. The van der Waals surface area contributed by atoms with Crippen LogP contribution < -0.4 is 5.32 Å². The fourth-order valence-electron chi connectivity index (χ4n) is 6.76. The Labute approximate surface area is 176 Å². The van der Waals surface area contributed by atoms with Gasteiger partial charge in [0.05, 0.1) is 5.75 Å². The Kier molecular flexibility index (Phi) is 4.98. The van der Waals surface area contributed by atoms with Crippen molar-refractivity contribution in [3.8, 4) is 0 Å². The quantitative estimate of drug-likeness (QED) is 0.737. The summed E-state index contributed by atoms with van der Waals surface area (Å²) in [5, 5.41) is 13.3. The predicted molar refractivity (Wildman–Crippen MR) is 112 cm³/mol. The third-order valence-electron chi connectivity index (χ3n) is 7.47. The van der Waals surface area contributed by atoms with Crippen molar-refractivity contribution in [1.29, 1.82) is 0 Å². The van der Waals surface area contributed by atoms with Crippen LogP contribution >= 0.6 is 11.3 Å². The smallest absolute Gasteiger partial charge is 0.244 e. The van der Waals surface area contributed by atoms with Crippen LogP contribution in [0.15, 0.2) is 0 Å². The fraction of sp³-hybridized carbons (Fsp3) is 0.850. The van der Waals surface area contributed by atoms with Gasteiger partial charge in [-0.1, -0.05) is 18.3 Å². The first-order chi connectivity index (χ1) is 13.9. The highest BCUT2D eigenvalue weighted by Gasteiger charge is 2.53. The Morgan fingerprint density at radius 3 is 2.45 bits per heavy atom. The van der Waals surface area contributed by atoms with Crippen LogP contribution in [0.5, 0.6) is 0 Å². The lowest BCUT2D eigenvalue weighted by Crippen LogP contribution is -2.48. The molecule has 1 aromatic heterocycles. The summed E-state index contributed by atoms with van der Waals surface area (Å²) in [4.78, 5) is 12.9. The number of amides is 1. The monoisotopic (exact) mass is 438 g/mol. The summed E-state index contributed by atoms with van der Waals surface area (Å²) >= 11 is 1.51. The molecule has 1 aliphatic heterocycles. The van der Waals surface area contributed by atoms with Gasteiger partial charge in [-0.3, -0.25) is 10.1 Å². The van der Waals surface area contributed by atoms with Gasteiger partial charge in [0.25, 0.3) is 0 Å². The number of carbonyl (C=O) groups is 1. The molecule has 5 aliphatic rings. The molecule has 29 heavy (non-hydrogen) atoms. The number of aromatic nitrogens is 2. The zero-order valence-corrected chi connectivity index (χ0v) is 18.6. The Morgan fingerprint density at radius 2 is 1.83 bits per heavy atom. The van der Waals surface area contributed by atoms with Crippen molar-refractivity contribution in [3.05, 3.63) is 5.01 Å². The molecule has 2 heterocycles. The number of hydrogen-bond acceptors (Lipinski definition) is 6. The molecule has 160 valence electrons. The minimum Gasteiger partial charge on any atom is -0.299 e. The van der Waals surface area contributed by atoms with Crippen molar-refractivity contribution in [1.82, 2.24) is 14.5 Å². The van der Waals surface area contributed by atoms with E-state index in [0.717, 1.165) is 29.2 Å². The van der Waals surface area contributed by atoms with Gasteiger partial charge in [0.1, 0.15) is 11.0 Å². The van der Waals surface area contributed by atoms with Crippen molar-refractivity contribution >= 4 is 32.4 Å². The van der Waals surface area contributed by atoms with E-state index in [2.05, 4.69) is 15.5 Å². The van der Waals surface area contributed by atoms with Crippen LogP contribution in [0.3, 0.4) is 0 Å². The summed E-state index contributed by atoms with van der Waals surface area (Å²) < 4.78 is 26.4. The van der Waals surface area contributed by atoms with Crippen LogP contribution in [0.4, 0.5) is 5.13 Å². The number of carbonyl (C=O) groups excluding carboxylic acids is 1. The molecule has 0 radical (unpaired) electrons. The van der Waals surface area contributed by atoms with Gasteiger partial charge in [0, 0.05) is 12.0 Å². The van der Waals surface area contributed by atoms with Crippen LogP contribution in [0, 0.1) is 17.8 Å². The maximum atomic E-state index is 12.9. The summed E-state index contributed by atoms with van der Waals surface area (Å²) in [7, 11) is -3.38. The summed E-state index contributed by atoms with van der Waals surface area (Å²) in [5.41, 5.74) is 0.166. The van der Waals surface area contributed by atoms with E-state index in [4.69, 9.17) is 0 Å². The summed E-state index contributed by atoms with van der Waals surface area (Å²) in [6, 6.07) is -0.626. The highest BCUT2D eigenvalue weighted by atomic mass is 32.2. The number of nitrogens with zero attached hydrogens (tertiary/aromatic N) is 3. The first kappa shape index (κ1) is 19.9. The molecule has 1 amide bonds. The zero-order chi connectivity index (χ0) is 20.2. The van der Waals surface area contributed by atoms with E-state index in [1.165, 1.54) is 54.2 Å². The molecule has 4 aliphatic carbocycles. The van der Waals surface area contributed by atoms with Gasteiger partial charge in [-0.15, -0.1) is 10.2 Å². The van der Waals surface area contributed by atoms with Crippen molar-refractivity contribution in [2.75, 3.05) is 17.6 Å². The Hall–Kier alpha value is -1.06. The molecule has 5 fully saturated rings. The molecule has 0 aromatic carbocycles. The van der Waals surface area contributed by atoms with Gasteiger partial charge >= 0.3 is 0 Å². The van der Waals surface area contributed by atoms with Gasteiger partial charge < -0.3 is 0 Å². The Morgan fingerprint density at radius 1 is 1.17 bits per heavy atom. The highest BCUT2D eigenvalue weighted by molar-refractivity contribution is 7.89. The molecule has 1 atom stereocenters. The van der Waals surface area contributed by atoms with E-state index in [1.807, 2.05) is 6.92 Å².